The molecule has 6 nitrogen and oxygen atoms in total. The molecule has 1 aromatic heterocycles. The summed E-state index contributed by atoms with van der Waals surface area (Å²) in [6.45, 7) is 1.47. The van der Waals surface area contributed by atoms with Gasteiger partial charge in [0.15, 0.2) is 17.6 Å². The third kappa shape index (κ3) is 2.15. The molecule has 0 aliphatic heterocycles. The monoisotopic (exact) mass is 284 g/mol. The topological polar surface area (TPSA) is 91.4 Å². The van der Waals surface area contributed by atoms with E-state index in [4.69, 9.17) is 5.73 Å². The van der Waals surface area contributed by atoms with E-state index in [0.29, 0.717) is 10.8 Å². The van der Waals surface area contributed by atoms with Crippen LogP contribution in [0.5, 0.6) is 0 Å². The van der Waals surface area contributed by atoms with Crippen molar-refractivity contribution in [2.24, 2.45) is 5.73 Å². The summed E-state index contributed by atoms with van der Waals surface area (Å²) in [6.07, 6.45) is 0. The van der Waals surface area contributed by atoms with Crippen molar-refractivity contribution in [1.82, 2.24) is 4.57 Å². The lowest BCUT2D eigenvalue weighted by atomic mass is 10.2. The molecule has 2 aromatic rings. The molecule has 6 heteroatoms. The van der Waals surface area contributed by atoms with Gasteiger partial charge in [-0.15, -0.1) is 0 Å². The number of carbonyl (C=O) groups excluding carboxylic acids is 3. The van der Waals surface area contributed by atoms with Crippen molar-refractivity contribution in [3.8, 4) is 0 Å². The second-order valence-electron chi connectivity index (χ2n) is 4.31. The van der Waals surface area contributed by atoms with E-state index in [1.807, 2.05) is 0 Å². The van der Waals surface area contributed by atoms with Gasteiger partial charge in [0.25, 0.3) is 0 Å². The molecule has 2 N–H and O–H groups in total. The van der Waals surface area contributed by atoms with Gasteiger partial charge < -0.3 is 10.5 Å². The minimum atomic E-state index is -0.761. The van der Waals surface area contributed by atoms with E-state index in [-0.39, 0.29) is 22.1 Å². The standard InChI is InChI=1S/C15H12N2O4/c1-9(16)14(15(20)21-2)17-12(7-18)10-5-3-4-6-11(10)13(17)8-19/h3-6H,16H2,1-2H3/b14-9+. The highest BCUT2D eigenvalue weighted by Crippen LogP contribution is 2.10. The molecular formula is C15H12N2O4. The maximum atomic E-state index is 11.9. The van der Waals surface area contributed by atoms with E-state index in [1.54, 1.807) is 36.1 Å². The Balaban J connectivity index is 3.15. The average molecular weight is 284 g/mol. The van der Waals surface area contributed by atoms with Crippen LogP contribution in [0.4, 0.5) is 0 Å². The van der Waals surface area contributed by atoms with E-state index in [1.165, 1.54) is 14.0 Å². The number of ether oxygens (including phenoxy) is 1. The number of methoxy groups -OCH3 is 1. The number of rotatable bonds is 2. The SMILES string of the molecule is COC(=O)/C(=C(/C)N)n1c(=C=O)c2ccccc2c1=C=O. The van der Waals surface area contributed by atoms with Gasteiger partial charge in [-0.05, 0) is 6.92 Å². The van der Waals surface area contributed by atoms with Crippen LogP contribution >= 0.6 is 0 Å². The number of benzene rings is 1. The summed E-state index contributed by atoms with van der Waals surface area (Å²) in [7, 11) is 1.18. The fourth-order valence-electron chi connectivity index (χ4n) is 2.20. The molecule has 1 aromatic carbocycles. The number of hydrogen-bond donors (Lipinski definition) is 1. The summed E-state index contributed by atoms with van der Waals surface area (Å²) in [5.41, 5.74) is 5.71. The fraction of sp³-hybridized carbons (Fsp3) is 0.133. The molecule has 0 aliphatic rings. The maximum Gasteiger partial charge on any atom is 0.356 e. The van der Waals surface area contributed by atoms with Crippen LogP contribution in [0.15, 0.2) is 30.0 Å². The van der Waals surface area contributed by atoms with E-state index in [9.17, 15) is 14.4 Å². The quantitative estimate of drug-likeness (QED) is 0.562. The number of nitrogens with zero attached hydrogens (tertiary/aromatic N) is 1. The third-order valence-corrected chi connectivity index (χ3v) is 3.05. The predicted octanol–water partition coefficient (Wildman–Crippen LogP) is -1.03. The number of nitrogens with two attached hydrogens (primary N) is 1. The second kappa shape index (κ2) is 5.51. The minimum absolute atomic E-state index is 0.0224. The van der Waals surface area contributed by atoms with Crippen LogP contribution in [0.3, 0.4) is 0 Å². The van der Waals surface area contributed by atoms with Crippen molar-refractivity contribution in [1.29, 1.82) is 0 Å². The summed E-state index contributed by atoms with van der Waals surface area (Å²) in [6, 6.07) is 6.71. The van der Waals surface area contributed by atoms with Crippen LogP contribution in [-0.2, 0) is 19.1 Å². The highest BCUT2D eigenvalue weighted by molar-refractivity contribution is 6.12. The van der Waals surface area contributed by atoms with E-state index in [0.717, 1.165) is 4.57 Å². The first-order valence-corrected chi connectivity index (χ1v) is 6.01. The Kier molecular flexibility index (Phi) is 3.76. The Labute approximate surface area is 119 Å². The number of fused-ring (bicyclic) bond motifs is 1. The lowest BCUT2D eigenvalue weighted by molar-refractivity contribution is -0.134. The van der Waals surface area contributed by atoms with Crippen LogP contribution in [0.1, 0.15) is 6.92 Å². The van der Waals surface area contributed by atoms with Crippen LogP contribution < -0.4 is 16.4 Å². The van der Waals surface area contributed by atoms with Gasteiger partial charge >= 0.3 is 5.97 Å². The molecular weight excluding hydrogens is 272 g/mol. The van der Waals surface area contributed by atoms with Gasteiger partial charge in [-0.1, -0.05) is 24.3 Å². The molecule has 0 fully saturated rings. The van der Waals surface area contributed by atoms with Gasteiger partial charge in [0.05, 0.1) is 7.11 Å². The summed E-state index contributed by atoms with van der Waals surface area (Å²) < 4.78 is 5.80. The Morgan fingerprint density at radius 1 is 1.14 bits per heavy atom. The average Bonchev–Trinajstić information content (AvgIpc) is 2.79. The highest BCUT2D eigenvalue weighted by Gasteiger charge is 2.20. The molecule has 1 heterocycles. The van der Waals surface area contributed by atoms with Gasteiger partial charge in [-0.2, -0.15) is 0 Å². The van der Waals surface area contributed by atoms with Gasteiger partial charge in [0, 0.05) is 16.5 Å². The molecule has 106 valence electrons. The molecule has 0 saturated heterocycles. The van der Waals surface area contributed by atoms with Crippen LogP contribution in [-0.4, -0.2) is 29.5 Å². The van der Waals surface area contributed by atoms with Gasteiger partial charge in [-0.3, -0.25) is 4.57 Å². The molecule has 0 spiro atoms. The smallest absolute Gasteiger partial charge is 0.356 e. The second-order valence-corrected chi connectivity index (χ2v) is 4.31. The molecule has 0 amide bonds. The van der Waals surface area contributed by atoms with Gasteiger partial charge in [0.1, 0.15) is 10.7 Å². The van der Waals surface area contributed by atoms with Crippen molar-refractivity contribution in [3.05, 3.63) is 40.7 Å². The van der Waals surface area contributed by atoms with Crippen molar-refractivity contribution >= 4 is 34.3 Å². The van der Waals surface area contributed by atoms with E-state index >= 15 is 0 Å². The molecule has 0 saturated carbocycles. The Hall–Kier alpha value is -3.07. The van der Waals surface area contributed by atoms with Crippen molar-refractivity contribution in [2.75, 3.05) is 7.11 Å². The molecule has 0 aliphatic carbocycles. The Bertz CT molecular complexity index is 865. The van der Waals surface area contributed by atoms with E-state index in [2.05, 4.69) is 4.74 Å². The first-order chi connectivity index (χ1) is 10.1. The summed E-state index contributed by atoms with van der Waals surface area (Å²) >= 11 is 0. The Morgan fingerprint density at radius 2 is 1.62 bits per heavy atom. The summed E-state index contributed by atoms with van der Waals surface area (Å²) in [5, 5.41) is 1.00. The van der Waals surface area contributed by atoms with Crippen molar-refractivity contribution in [3.63, 3.8) is 0 Å². The molecule has 0 bridgehead atoms. The zero-order valence-electron chi connectivity index (χ0n) is 11.5. The van der Waals surface area contributed by atoms with Crippen LogP contribution in [0.2, 0.25) is 0 Å². The zero-order valence-corrected chi connectivity index (χ0v) is 11.5. The predicted molar refractivity (Wildman–Crippen MR) is 75.9 cm³/mol. The van der Waals surface area contributed by atoms with Crippen LogP contribution in [0.25, 0.3) is 16.5 Å². The van der Waals surface area contributed by atoms with Crippen molar-refractivity contribution < 1.29 is 19.1 Å². The number of esters is 1. The lowest BCUT2D eigenvalue weighted by Gasteiger charge is -2.08. The number of allylic oxidation sites excluding steroid dienone is 1. The molecule has 2 rings (SSSR count). The van der Waals surface area contributed by atoms with Gasteiger partial charge in [0.2, 0.25) is 0 Å². The first-order valence-electron chi connectivity index (χ1n) is 6.01. The lowest BCUT2D eigenvalue weighted by Crippen LogP contribution is -2.33. The van der Waals surface area contributed by atoms with Crippen molar-refractivity contribution in [2.45, 2.75) is 6.92 Å². The van der Waals surface area contributed by atoms with E-state index < -0.39 is 5.97 Å². The molecule has 21 heavy (non-hydrogen) atoms. The highest BCUT2D eigenvalue weighted by atomic mass is 16.5. The number of aromatic nitrogens is 1. The maximum absolute atomic E-state index is 11.9. The largest absolute Gasteiger partial charge is 0.464 e. The summed E-state index contributed by atoms with van der Waals surface area (Å²) in [4.78, 5) is 34.6. The number of carbonyl (C=O) groups is 1. The molecule has 0 unspecified atom stereocenters. The zero-order chi connectivity index (χ0) is 15.6. The fourth-order valence-corrected chi connectivity index (χ4v) is 2.20. The molecule has 0 radical (unpaired) electrons. The number of hydrogen-bond acceptors (Lipinski definition) is 5. The first kappa shape index (κ1) is 14.3. The normalized spacial score (nSPS) is 11.5. The Morgan fingerprint density at radius 3 is 1.95 bits per heavy atom. The molecule has 0 atom stereocenters. The minimum Gasteiger partial charge on any atom is -0.464 e. The summed E-state index contributed by atoms with van der Waals surface area (Å²) in [5.74, 6) is 2.73. The third-order valence-electron chi connectivity index (χ3n) is 3.05. The van der Waals surface area contributed by atoms with Crippen LogP contribution in [0, 0.1) is 0 Å². The van der Waals surface area contributed by atoms with Gasteiger partial charge in [-0.25, -0.2) is 14.4 Å².